The Morgan fingerprint density at radius 3 is 2.50 bits per heavy atom. The van der Waals surface area contributed by atoms with E-state index in [1.807, 2.05) is 13.1 Å². The number of hydrogen-bond acceptors (Lipinski definition) is 3. The first kappa shape index (κ1) is 14.3. The average Bonchev–Trinajstić information content (AvgIpc) is 3.06. The Morgan fingerprint density at radius 2 is 2.00 bits per heavy atom. The number of aryl methyl sites for hydroxylation is 1. The van der Waals surface area contributed by atoms with Crippen LogP contribution in [0.2, 0.25) is 0 Å². The third-order valence-electron chi connectivity index (χ3n) is 3.51. The van der Waals surface area contributed by atoms with E-state index >= 15 is 0 Å². The Morgan fingerprint density at radius 1 is 1.30 bits per heavy atom. The topological polar surface area (TPSA) is 72.9 Å². The first-order chi connectivity index (χ1) is 9.60. The van der Waals surface area contributed by atoms with Crippen molar-refractivity contribution in [2.24, 2.45) is 0 Å². The summed E-state index contributed by atoms with van der Waals surface area (Å²) in [5.41, 5.74) is 1.46. The quantitative estimate of drug-likeness (QED) is 0.880. The molecule has 0 aliphatic carbocycles. The van der Waals surface area contributed by atoms with Crippen LogP contribution in [0.1, 0.15) is 50.0 Å². The minimum atomic E-state index is -0.957. The van der Waals surface area contributed by atoms with Crippen molar-refractivity contribution in [2.45, 2.75) is 46.2 Å². The minimum absolute atomic E-state index is 0.225. The summed E-state index contributed by atoms with van der Waals surface area (Å²) in [5, 5.41) is 18.0. The van der Waals surface area contributed by atoms with Crippen molar-refractivity contribution in [1.82, 2.24) is 19.6 Å². The summed E-state index contributed by atoms with van der Waals surface area (Å²) in [4.78, 5) is 11.4. The molecule has 2 heterocycles. The Labute approximate surface area is 118 Å². The lowest BCUT2D eigenvalue weighted by Crippen LogP contribution is -2.07. The van der Waals surface area contributed by atoms with E-state index in [2.05, 4.69) is 24.0 Å². The highest BCUT2D eigenvalue weighted by Gasteiger charge is 2.20. The molecule has 20 heavy (non-hydrogen) atoms. The van der Waals surface area contributed by atoms with Crippen LogP contribution in [0.3, 0.4) is 0 Å². The molecule has 0 spiro atoms. The van der Waals surface area contributed by atoms with Gasteiger partial charge in [0.15, 0.2) is 0 Å². The molecule has 0 amide bonds. The van der Waals surface area contributed by atoms with Gasteiger partial charge in [0.1, 0.15) is 11.3 Å². The molecule has 2 aromatic heterocycles. The molecule has 2 aromatic rings. The predicted molar refractivity (Wildman–Crippen MR) is 75.7 cm³/mol. The number of carbonyl (C=O) groups is 1. The zero-order valence-corrected chi connectivity index (χ0v) is 12.1. The number of nitrogens with zero attached hydrogens (tertiary/aromatic N) is 4. The lowest BCUT2D eigenvalue weighted by Gasteiger charge is -2.12. The van der Waals surface area contributed by atoms with Crippen molar-refractivity contribution in [3.05, 3.63) is 24.2 Å². The number of aromatic nitrogens is 4. The highest BCUT2D eigenvalue weighted by Crippen LogP contribution is 2.25. The summed E-state index contributed by atoms with van der Waals surface area (Å²) < 4.78 is 3.53. The standard InChI is InChI=1S/C14H20N4O2/c1-4-11(5-2)18-9-12(14(19)20)13(16-18)10-7-15-17(6-3)8-10/h7-9,11H,4-6H2,1-3H3,(H,19,20). The van der Waals surface area contributed by atoms with E-state index in [9.17, 15) is 9.90 Å². The van der Waals surface area contributed by atoms with Gasteiger partial charge in [0, 0.05) is 24.5 Å². The number of rotatable bonds is 6. The van der Waals surface area contributed by atoms with E-state index in [1.165, 1.54) is 0 Å². The number of carboxylic acids is 1. The van der Waals surface area contributed by atoms with Crippen molar-refractivity contribution in [1.29, 1.82) is 0 Å². The summed E-state index contributed by atoms with van der Waals surface area (Å²) >= 11 is 0. The van der Waals surface area contributed by atoms with E-state index in [1.54, 1.807) is 21.8 Å². The number of aromatic carboxylic acids is 1. The van der Waals surface area contributed by atoms with E-state index in [0.717, 1.165) is 24.9 Å². The second-order valence-corrected chi connectivity index (χ2v) is 4.73. The third kappa shape index (κ3) is 2.59. The van der Waals surface area contributed by atoms with Gasteiger partial charge >= 0.3 is 5.97 Å². The van der Waals surface area contributed by atoms with E-state index in [-0.39, 0.29) is 11.6 Å². The Balaban J connectivity index is 2.47. The molecule has 0 atom stereocenters. The van der Waals surface area contributed by atoms with Crippen LogP contribution < -0.4 is 0 Å². The molecule has 0 aliphatic rings. The van der Waals surface area contributed by atoms with Crippen molar-refractivity contribution < 1.29 is 9.90 Å². The van der Waals surface area contributed by atoms with Gasteiger partial charge in [-0.3, -0.25) is 9.36 Å². The molecule has 1 N–H and O–H groups in total. The molecule has 0 bridgehead atoms. The molecule has 108 valence electrons. The fourth-order valence-corrected chi connectivity index (χ4v) is 2.27. The van der Waals surface area contributed by atoms with Crippen LogP contribution in [0.5, 0.6) is 0 Å². The second kappa shape index (κ2) is 5.90. The van der Waals surface area contributed by atoms with Gasteiger partial charge in [-0.2, -0.15) is 10.2 Å². The van der Waals surface area contributed by atoms with Crippen LogP contribution in [-0.2, 0) is 6.54 Å². The monoisotopic (exact) mass is 276 g/mol. The first-order valence-electron chi connectivity index (χ1n) is 6.95. The zero-order chi connectivity index (χ0) is 14.7. The van der Waals surface area contributed by atoms with Gasteiger partial charge in [-0.1, -0.05) is 13.8 Å². The van der Waals surface area contributed by atoms with Crippen LogP contribution in [0.25, 0.3) is 11.3 Å². The Kier molecular flexibility index (Phi) is 4.22. The lowest BCUT2D eigenvalue weighted by molar-refractivity contribution is 0.0697. The first-order valence-corrected chi connectivity index (χ1v) is 6.95. The van der Waals surface area contributed by atoms with Crippen molar-refractivity contribution >= 4 is 5.97 Å². The third-order valence-corrected chi connectivity index (χ3v) is 3.51. The van der Waals surface area contributed by atoms with Crippen molar-refractivity contribution in [3.8, 4) is 11.3 Å². The number of carboxylic acid groups (broad SMARTS) is 1. The summed E-state index contributed by atoms with van der Waals surface area (Å²) in [6.07, 6.45) is 6.95. The van der Waals surface area contributed by atoms with Gasteiger partial charge in [0.25, 0.3) is 0 Å². The van der Waals surface area contributed by atoms with E-state index in [4.69, 9.17) is 0 Å². The molecule has 0 unspecified atom stereocenters. The van der Waals surface area contributed by atoms with Gasteiger partial charge in [0.05, 0.1) is 12.2 Å². The minimum Gasteiger partial charge on any atom is -0.478 e. The van der Waals surface area contributed by atoms with Crippen LogP contribution in [0.4, 0.5) is 0 Å². The summed E-state index contributed by atoms with van der Waals surface area (Å²) in [5.74, 6) is -0.957. The molecular weight excluding hydrogens is 256 g/mol. The van der Waals surface area contributed by atoms with Gasteiger partial charge in [-0.25, -0.2) is 4.79 Å². The summed E-state index contributed by atoms with van der Waals surface area (Å²) in [6.45, 7) is 6.88. The average molecular weight is 276 g/mol. The highest BCUT2D eigenvalue weighted by atomic mass is 16.4. The van der Waals surface area contributed by atoms with Gasteiger partial charge in [-0.05, 0) is 19.8 Å². The van der Waals surface area contributed by atoms with Gasteiger partial charge < -0.3 is 5.11 Å². The fraction of sp³-hybridized carbons (Fsp3) is 0.500. The molecule has 0 saturated heterocycles. The van der Waals surface area contributed by atoms with Gasteiger partial charge in [0.2, 0.25) is 0 Å². The van der Waals surface area contributed by atoms with Crippen LogP contribution in [-0.4, -0.2) is 30.6 Å². The smallest absolute Gasteiger partial charge is 0.339 e. The zero-order valence-electron chi connectivity index (χ0n) is 12.1. The molecular formula is C14H20N4O2. The molecule has 0 aliphatic heterocycles. The Hall–Kier alpha value is -2.11. The SMILES string of the molecule is CCC(CC)n1cc(C(=O)O)c(-c2cnn(CC)c2)n1. The molecule has 6 heteroatoms. The largest absolute Gasteiger partial charge is 0.478 e. The normalized spacial score (nSPS) is 11.2. The molecule has 2 rings (SSSR count). The van der Waals surface area contributed by atoms with Crippen LogP contribution >= 0.6 is 0 Å². The van der Waals surface area contributed by atoms with Crippen molar-refractivity contribution in [3.63, 3.8) is 0 Å². The highest BCUT2D eigenvalue weighted by molar-refractivity contribution is 5.94. The molecule has 0 radical (unpaired) electrons. The lowest BCUT2D eigenvalue weighted by atomic mass is 10.1. The Bertz CT molecular complexity index is 596. The predicted octanol–water partition coefficient (Wildman–Crippen LogP) is 2.83. The van der Waals surface area contributed by atoms with E-state index in [0.29, 0.717) is 5.69 Å². The molecule has 0 aromatic carbocycles. The van der Waals surface area contributed by atoms with E-state index < -0.39 is 5.97 Å². The number of hydrogen-bond donors (Lipinski definition) is 1. The molecule has 0 fully saturated rings. The maximum atomic E-state index is 11.4. The van der Waals surface area contributed by atoms with Crippen molar-refractivity contribution in [2.75, 3.05) is 0 Å². The molecule has 6 nitrogen and oxygen atoms in total. The summed E-state index contributed by atoms with van der Waals surface area (Å²) in [6, 6.07) is 0.225. The second-order valence-electron chi connectivity index (χ2n) is 4.73. The van der Waals surface area contributed by atoms with Crippen LogP contribution in [0, 0.1) is 0 Å². The molecule has 0 saturated carbocycles. The maximum Gasteiger partial charge on any atom is 0.339 e. The van der Waals surface area contributed by atoms with Crippen LogP contribution in [0.15, 0.2) is 18.6 Å². The maximum absolute atomic E-state index is 11.4. The van der Waals surface area contributed by atoms with Gasteiger partial charge in [-0.15, -0.1) is 0 Å². The summed E-state index contributed by atoms with van der Waals surface area (Å²) in [7, 11) is 0. The fourth-order valence-electron chi connectivity index (χ4n) is 2.27.